The first kappa shape index (κ1) is 20.5. The van der Waals surface area contributed by atoms with Gasteiger partial charge in [0, 0.05) is 17.3 Å². The summed E-state index contributed by atoms with van der Waals surface area (Å²) in [6.45, 7) is 4.31. The Morgan fingerprint density at radius 3 is 2.44 bits per heavy atom. The molecule has 9 heteroatoms. The van der Waals surface area contributed by atoms with Gasteiger partial charge in [-0.15, -0.1) is 0 Å². The van der Waals surface area contributed by atoms with Crippen molar-refractivity contribution in [3.63, 3.8) is 0 Å². The van der Waals surface area contributed by atoms with Crippen LogP contribution in [0.4, 0.5) is 5.69 Å². The normalized spacial score (nSPS) is 22.0. The van der Waals surface area contributed by atoms with E-state index in [1.165, 1.54) is 0 Å². The second-order valence-corrected chi connectivity index (χ2v) is 8.00. The Balaban J connectivity index is 1.88. The molecular weight excluding hydrogens is 409 g/mol. The van der Waals surface area contributed by atoms with Crippen molar-refractivity contribution >= 4 is 40.5 Å². The summed E-state index contributed by atoms with van der Waals surface area (Å²) in [5.41, 5.74) is 13.7. The third kappa shape index (κ3) is 4.43. The Bertz CT molecular complexity index is 833. The molecule has 1 heterocycles. The third-order valence-electron chi connectivity index (χ3n) is 4.35. The van der Waals surface area contributed by atoms with Gasteiger partial charge < -0.3 is 15.4 Å². The molecule has 2 aromatic rings. The van der Waals surface area contributed by atoms with Crippen molar-refractivity contribution in [2.24, 2.45) is 11.5 Å². The molecule has 0 aromatic heterocycles. The first-order valence-corrected chi connectivity index (χ1v) is 9.52. The number of halogens is 3. The van der Waals surface area contributed by atoms with Crippen molar-refractivity contribution in [3.05, 3.63) is 57.0 Å². The standard InChI is InChI=1S/C18H22Cl3N5O/c1-18(2)25-16(22)24-17(23)26(18)14-6-4-3-5-10(14)9-27-15-8-12(20)11(19)7-13(15)21/h3-8,16-17,24-25H,9,22-23H2,1-2H3. The van der Waals surface area contributed by atoms with E-state index in [2.05, 4.69) is 10.6 Å². The minimum absolute atomic E-state index is 0.277. The van der Waals surface area contributed by atoms with Gasteiger partial charge in [-0.25, -0.2) is 0 Å². The van der Waals surface area contributed by atoms with Gasteiger partial charge in [-0.1, -0.05) is 53.0 Å². The van der Waals surface area contributed by atoms with E-state index in [-0.39, 0.29) is 6.61 Å². The van der Waals surface area contributed by atoms with Gasteiger partial charge in [0.2, 0.25) is 0 Å². The van der Waals surface area contributed by atoms with E-state index in [1.807, 2.05) is 43.0 Å². The van der Waals surface area contributed by atoms with Crippen molar-refractivity contribution in [3.8, 4) is 5.75 Å². The number of para-hydroxylation sites is 1. The van der Waals surface area contributed by atoms with Crippen LogP contribution in [0.15, 0.2) is 36.4 Å². The van der Waals surface area contributed by atoms with Crippen LogP contribution in [0.1, 0.15) is 19.4 Å². The lowest BCUT2D eigenvalue weighted by molar-refractivity contribution is 0.189. The highest BCUT2D eigenvalue weighted by Gasteiger charge is 2.38. The number of benzene rings is 2. The molecule has 0 aliphatic carbocycles. The summed E-state index contributed by atoms with van der Waals surface area (Å²) in [4.78, 5) is 2.02. The highest BCUT2D eigenvalue weighted by Crippen LogP contribution is 2.35. The van der Waals surface area contributed by atoms with Gasteiger partial charge in [0.05, 0.1) is 20.7 Å². The predicted molar refractivity (Wildman–Crippen MR) is 111 cm³/mol. The van der Waals surface area contributed by atoms with Gasteiger partial charge in [-0.2, -0.15) is 0 Å². The number of hydrogen-bond donors (Lipinski definition) is 4. The molecule has 27 heavy (non-hydrogen) atoms. The summed E-state index contributed by atoms with van der Waals surface area (Å²) >= 11 is 18.2. The Labute approximate surface area is 173 Å². The van der Waals surface area contributed by atoms with E-state index in [0.29, 0.717) is 20.8 Å². The van der Waals surface area contributed by atoms with Gasteiger partial charge in [0.15, 0.2) is 0 Å². The van der Waals surface area contributed by atoms with E-state index < -0.39 is 18.2 Å². The van der Waals surface area contributed by atoms with Gasteiger partial charge in [-0.05, 0) is 26.0 Å². The second kappa shape index (κ2) is 8.01. The number of nitrogens with one attached hydrogen (secondary N) is 2. The molecule has 0 saturated carbocycles. The first-order valence-electron chi connectivity index (χ1n) is 8.38. The summed E-state index contributed by atoms with van der Waals surface area (Å²) in [5.74, 6) is 0.460. The molecule has 6 N–H and O–H groups in total. The molecule has 0 spiro atoms. The molecule has 2 atom stereocenters. The number of anilines is 1. The van der Waals surface area contributed by atoms with E-state index in [4.69, 9.17) is 51.0 Å². The zero-order valence-corrected chi connectivity index (χ0v) is 17.2. The monoisotopic (exact) mass is 429 g/mol. The SMILES string of the molecule is CC1(C)NC(N)NC(N)N1c1ccccc1COc1cc(Cl)c(Cl)cc1Cl. The summed E-state index contributed by atoms with van der Waals surface area (Å²) in [7, 11) is 0. The largest absolute Gasteiger partial charge is 0.487 e. The van der Waals surface area contributed by atoms with Crippen LogP contribution >= 0.6 is 34.8 Å². The smallest absolute Gasteiger partial charge is 0.139 e. The van der Waals surface area contributed by atoms with Crippen molar-refractivity contribution in [2.45, 2.75) is 38.7 Å². The van der Waals surface area contributed by atoms with Crippen molar-refractivity contribution in [1.29, 1.82) is 0 Å². The molecule has 2 unspecified atom stereocenters. The quantitative estimate of drug-likeness (QED) is 0.556. The maximum absolute atomic E-state index is 6.31. The van der Waals surface area contributed by atoms with Crippen LogP contribution in [-0.4, -0.2) is 18.2 Å². The summed E-state index contributed by atoms with van der Waals surface area (Å²) in [6, 6.07) is 11.0. The van der Waals surface area contributed by atoms with E-state index >= 15 is 0 Å². The molecule has 6 nitrogen and oxygen atoms in total. The molecule has 146 valence electrons. The van der Waals surface area contributed by atoms with Crippen LogP contribution in [0.2, 0.25) is 15.1 Å². The lowest BCUT2D eigenvalue weighted by atomic mass is 10.1. The summed E-state index contributed by atoms with van der Waals surface area (Å²) < 4.78 is 5.91. The van der Waals surface area contributed by atoms with E-state index in [1.54, 1.807) is 12.1 Å². The summed E-state index contributed by atoms with van der Waals surface area (Å²) in [5, 5.41) is 7.51. The van der Waals surface area contributed by atoms with Gasteiger partial charge in [0.25, 0.3) is 0 Å². The second-order valence-electron chi connectivity index (χ2n) is 6.78. The number of hydrogen-bond acceptors (Lipinski definition) is 6. The molecule has 0 bridgehead atoms. The molecule has 1 fully saturated rings. The van der Waals surface area contributed by atoms with Crippen LogP contribution < -0.4 is 31.7 Å². The highest BCUT2D eigenvalue weighted by atomic mass is 35.5. The van der Waals surface area contributed by atoms with E-state index in [9.17, 15) is 0 Å². The molecular formula is C18H22Cl3N5O. The maximum atomic E-state index is 6.31. The Morgan fingerprint density at radius 1 is 1.07 bits per heavy atom. The zero-order valence-electron chi connectivity index (χ0n) is 15.0. The Kier molecular flexibility index (Phi) is 6.08. The fourth-order valence-corrected chi connectivity index (χ4v) is 3.78. The van der Waals surface area contributed by atoms with Gasteiger partial charge in [-0.3, -0.25) is 16.4 Å². The fraction of sp³-hybridized carbons (Fsp3) is 0.333. The van der Waals surface area contributed by atoms with Crippen LogP contribution in [-0.2, 0) is 6.61 Å². The predicted octanol–water partition coefficient (Wildman–Crippen LogP) is 3.45. The van der Waals surface area contributed by atoms with Gasteiger partial charge in [0.1, 0.15) is 24.9 Å². The van der Waals surface area contributed by atoms with Crippen LogP contribution in [0.3, 0.4) is 0 Å². The highest BCUT2D eigenvalue weighted by molar-refractivity contribution is 6.43. The fourth-order valence-electron chi connectivity index (χ4n) is 3.19. The average molecular weight is 431 g/mol. The number of ether oxygens (including phenoxy) is 1. The number of nitrogens with zero attached hydrogens (tertiary/aromatic N) is 1. The molecule has 0 radical (unpaired) electrons. The van der Waals surface area contributed by atoms with Crippen molar-refractivity contribution in [1.82, 2.24) is 10.6 Å². The maximum Gasteiger partial charge on any atom is 0.139 e. The summed E-state index contributed by atoms with van der Waals surface area (Å²) in [6.07, 6.45) is -0.865. The van der Waals surface area contributed by atoms with Crippen molar-refractivity contribution in [2.75, 3.05) is 4.90 Å². The number of rotatable bonds is 4. The molecule has 1 aliphatic rings. The Hall–Kier alpha value is -1.25. The third-order valence-corrected chi connectivity index (χ3v) is 5.37. The average Bonchev–Trinajstić information content (AvgIpc) is 2.56. The molecule has 3 rings (SSSR count). The minimum Gasteiger partial charge on any atom is -0.487 e. The zero-order chi connectivity index (χ0) is 19.8. The van der Waals surface area contributed by atoms with Gasteiger partial charge >= 0.3 is 0 Å². The molecule has 2 aromatic carbocycles. The number of nitrogens with two attached hydrogens (primary N) is 2. The topological polar surface area (TPSA) is 88.6 Å². The minimum atomic E-state index is -0.471. The Morgan fingerprint density at radius 2 is 1.74 bits per heavy atom. The van der Waals surface area contributed by atoms with Crippen molar-refractivity contribution < 1.29 is 4.74 Å². The lowest BCUT2D eigenvalue weighted by Crippen LogP contribution is -2.78. The molecule has 0 amide bonds. The van der Waals surface area contributed by atoms with E-state index in [0.717, 1.165) is 11.3 Å². The molecule has 1 saturated heterocycles. The first-order chi connectivity index (χ1) is 12.7. The lowest BCUT2D eigenvalue weighted by Gasteiger charge is -2.51. The molecule has 1 aliphatic heterocycles. The van der Waals surface area contributed by atoms with Crippen LogP contribution in [0.5, 0.6) is 5.75 Å². The van der Waals surface area contributed by atoms with Crippen LogP contribution in [0.25, 0.3) is 0 Å². The van der Waals surface area contributed by atoms with Crippen LogP contribution in [0, 0.1) is 0 Å².